The van der Waals surface area contributed by atoms with E-state index in [9.17, 15) is 9.59 Å². The number of nitrogens with one attached hydrogen (secondary N) is 1. The van der Waals surface area contributed by atoms with Gasteiger partial charge in [0.1, 0.15) is 6.54 Å². The van der Waals surface area contributed by atoms with E-state index in [0.29, 0.717) is 10.7 Å². The van der Waals surface area contributed by atoms with Gasteiger partial charge in [0, 0.05) is 16.9 Å². The van der Waals surface area contributed by atoms with Gasteiger partial charge in [-0.1, -0.05) is 17.7 Å². The molecule has 0 saturated heterocycles. The summed E-state index contributed by atoms with van der Waals surface area (Å²) in [6, 6.07) is 6.62. The minimum Gasteiger partial charge on any atom is -0.480 e. The second-order valence-electron chi connectivity index (χ2n) is 4.21. The lowest BCUT2D eigenvalue weighted by Crippen LogP contribution is -2.15. The molecule has 1 amide bonds. The van der Waals surface area contributed by atoms with E-state index in [1.807, 2.05) is 6.92 Å². The van der Waals surface area contributed by atoms with E-state index in [1.165, 1.54) is 16.9 Å². The minimum absolute atomic E-state index is 0.144. The van der Waals surface area contributed by atoms with E-state index in [0.717, 1.165) is 5.56 Å². The number of carbonyl (C=O) groups excluding carboxylic acids is 1. The molecule has 0 atom stereocenters. The largest absolute Gasteiger partial charge is 0.480 e. The zero-order chi connectivity index (χ0) is 14.7. The number of aliphatic carboxylic acids is 1. The molecule has 0 aliphatic carbocycles. The molecule has 7 heteroatoms. The van der Waals surface area contributed by atoms with Crippen LogP contribution in [0.15, 0.2) is 30.5 Å². The van der Waals surface area contributed by atoms with Crippen molar-refractivity contribution in [2.75, 3.05) is 5.32 Å². The number of halogens is 1. The maximum atomic E-state index is 12.0. The summed E-state index contributed by atoms with van der Waals surface area (Å²) in [4.78, 5) is 22.5. The van der Waals surface area contributed by atoms with Crippen LogP contribution in [0.3, 0.4) is 0 Å². The summed E-state index contributed by atoms with van der Waals surface area (Å²) >= 11 is 5.87. The molecule has 104 valence electrons. The van der Waals surface area contributed by atoms with Crippen LogP contribution < -0.4 is 5.32 Å². The normalized spacial score (nSPS) is 10.3. The van der Waals surface area contributed by atoms with Crippen LogP contribution in [0.1, 0.15) is 16.1 Å². The lowest BCUT2D eigenvalue weighted by Gasteiger charge is -2.07. The number of carbonyl (C=O) groups is 2. The fraction of sp³-hybridized carbons (Fsp3) is 0.154. The van der Waals surface area contributed by atoms with Crippen LogP contribution in [0, 0.1) is 6.92 Å². The van der Waals surface area contributed by atoms with E-state index in [4.69, 9.17) is 16.7 Å². The molecule has 0 radical (unpaired) electrons. The van der Waals surface area contributed by atoms with Crippen LogP contribution in [0.2, 0.25) is 5.02 Å². The topological polar surface area (TPSA) is 84.2 Å². The number of hydrogen-bond acceptors (Lipinski definition) is 3. The number of anilines is 1. The van der Waals surface area contributed by atoms with Crippen LogP contribution in [0.4, 0.5) is 5.69 Å². The zero-order valence-corrected chi connectivity index (χ0v) is 11.4. The molecular formula is C13H12ClN3O3. The molecule has 0 aliphatic rings. The van der Waals surface area contributed by atoms with Crippen molar-refractivity contribution in [2.24, 2.45) is 0 Å². The molecule has 1 aromatic carbocycles. The monoisotopic (exact) mass is 293 g/mol. The Bertz CT molecular complexity index is 667. The first-order valence-electron chi connectivity index (χ1n) is 5.78. The molecule has 20 heavy (non-hydrogen) atoms. The second kappa shape index (κ2) is 5.75. The van der Waals surface area contributed by atoms with Gasteiger partial charge in [-0.15, -0.1) is 0 Å². The van der Waals surface area contributed by atoms with Gasteiger partial charge in [0.15, 0.2) is 5.69 Å². The first kappa shape index (κ1) is 14.1. The average molecular weight is 294 g/mol. The lowest BCUT2D eigenvalue weighted by molar-refractivity contribution is -0.137. The number of benzene rings is 1. The summed E-state index contributed by atoms with van der Waals surface area (Å²) in [6.45, 7) is 1.55. The highest BCUT2D eigenvalue weighted by Gasteiger charge is 2.12. The predicted molar refractivity (Wildman–Crippen MR) is 74.0 cm³/mol. The Morgan fingerprint density at radius 1 is 1.40 bits per heavy atom. The van der Waals surface area contributed by atoms with Crippen LogP contribution in [-0.4, -0.2) is 26.8 Å². The molecule has 2 rings (SSSR count). The fourth-order valence-electron chi connectivity index (χ4n) is 1.62. The third kappa shape index (κ3) is 3.36. The van der Waals surface area contributed by atoms with Gasteiger partial charge < -0.3 is 10.4 Å². The Hall–Kier alpha value is -2.34. The SMILES string of the molecule is Cc1ccc(Cl)cc1NC(=O)c1ccn(CC(=O)O)n1. The molecular weight excluding hydrogens is 282 g/mol. The third-order valence-electron chi connectivity index (χ3n) is 2.62. The van der Waals surface area contributed by atoms with Gasteiger partial charge in [0.25, 0.3) is 5.91 Å². The molecule has 1 heterocycles. The van der Waals surface area contributed by atoms with Gasteiger partial charge in [0.2, 0.25) is 0 Å². The van der Waals surface area contributed by atoms with Gasteiger partial charge in [-0.3, -0.25) is 14.3 Å². The zero-order valence-electron chi connectivity index (χ0n) is 10.6. The van der Waals surface area contributed by atoms with E-state index in [2.05, 4.69) is 10.4 Å². The van der Waals surface area contributed by atoms with Crippen LogP contribution >= 0.6 is 11.6 Å². The summed E-state index contributed by atoms with van der Waals surface area (Å²) in [6.07, 6.45) is 1.44. The molecule has 0 fully saturated rings. The highest BCUT2D eigenvalue weighted by Crippen LogP contribution is 2.20. The third-order valence-corrected chi connectivity index (χ3v) is 2.85. The highest BCUT2D eigenvalue weighted by atomic mass is 35.5. The van der Waals surface area contributed by atoms with E-state index in [-0.39, 0.29) is 12.2 Å². The van der Waals surface area contributed by atoms with Gasteiger partial charge in [-0.25, -0.2) is 0 Å². The summed E-state index contributed by atoms with van der Waals surface area (Å²) < 4.78 is 1.18. The molecule has 1 aromatic heterocycles. The summed E-state index contributed by atoms with van der Waals surface area (Å²) in [5, 5.41) is 15.7. The Labute approximate surface area is 120 Å². The lowest BCUT2D eigenvalue weighted by atomic mass is 10.2. The highest BCUT2D eigenvalue weighted by molar-refractivity contribution is 6.31. The van der Waals surface area contributed by atoms with Crippen molar-refractivity contribution in [1.82, 2.24) is 9.78 Å². The smallest absolute Gasteiger partial charge is 0.325 e. The van der Waals surface area contributed by atoms with E-state index >= 15 is 0 Å². The standard InChI is InChI=1S/C13H12ClN3O3/c1-8-2-3-9(14)6-11(8)15-13(20)10-4-5-17(16-10)7-12(18)19/h2-6H,7H2,1H3,(H,15,20)(H,18,19). The predicted octanol–water partition coefficient (Wildman–Crippen LogP) is 2.18. The molecule has 2 aromatic rings. The molecule has 0 unspecified atom stereocenters. The first-order chi connectivity index (χ1) is 9.45. The van der Waals surface area contributed by atoms with Gasteiger partial charge in [0.05, 0.1) is 0 Å². The Balaban J connectivity index is 2.13. The molecule has 0 bridgehead atoms. The van der Waals surface area contributed by atoms with Crippen molar-refractivity contribution >= 4 is 29.2 Å². The summed E-state index contributed by atoms with van der Waals surface area (Å²) in [5.74, 6) is -1.44. The van der Waals surface area contributed by atoms with Crippen LogP contribution in [0.5, 0.6) is 0 Å². The Morgan fingerprint density at radius 3 is 2.85 bits per heavy atom. The quantitative estimate of drug-likeness (QED) is 0.905. The summed E-state index contributed by atoms with van der Waals surface area (Å²) in [7, 11) is 0. The number of nitrogens with zero attached hydrogens (tertiary/aromatic N) is 2. The molecule has 6 nitrogen and oxygen atoms in total. The number of rotatable bonds is 4. The Morgan fingerprint density at radius 2 is 2.15 bits per heavy atom. The first-order valence-corrected chi connectivity index (χ1v) is 6.16. The number of aromatic nitrogens is 2. The molecule has 0 saturated carbocycles. The van der Waals surface area contributed by atoms with Gasteiger partial charge in [-0.05, 0) is 30.7 Å². The van der Waals surface area contributed by atoms with Crippen molar-refractivity contribution in [3.05, 3.63) is 46.7 Å². The second-order valence-corrected chi connectivity index (χ2v) is 4.64. The maximum absolute atomic E-state index is 12.0. The number of carboxylic acids is 1. The van der Waals surface area contributed by atoms with Crippen molar-refractivity contribution < 1.29 is 14.7 Å². The minimum atomic E-state index is -1.02. The number of amides is 1. The Kier molecular flexibility index (Phi) is 4.05. The maximum Gasteiger partial charge on any atom is 0.325 e. The van der Waals surface area contributed by atoms with Crippen LogP contribution in [-0.2, 0) is 11.3 Å². The van der Waals surface area contributed by atoms with Gasteiger partial charge >= 0.3 is 5.97 Å². The van der Waals surface area contributed by atoms with Crippen molar-refractivity contribution in [2.45, 2.75) is 13.5 Å². The number of carboxylic acid groups (broad SMARTS) is 1. The average Bonchev–Trinajstić information content (AvgIpc) is 2.81. The van der Waals surface area contributed by atoms with E-state index < -0.39 is 11.9 Å². The van der Waals surface area contributed by atoms with E-state index in [1.54, 1.807) is 18.2 Å². The molecule has 0 spiro atoms. The summed E-state index contributed by atoms with van der Waals surface area (Å²) in [5.41, 5.74) is 1.61. The fourth-order valence-corrected chi connectivity index (χ4v) is 1.80. The van der Waals surface area contributed by atoms with Crippen molar-refractivity contribution in [1.29, 1.82) is 0 Å². The molecule has 0 aliphatic heterocycles. The molecule has 2 N–H and O–H groups in total. The van der Waals surface area contributed by atoms with Gasteiger partial charge in [-0.2, -0.15) is 5.10 Å². The van der Waals surface area contributed by atoms with Crippen molar-refractivity contribution in [3.8, 4) is 0 Å². The number of aryl methyl sites for hydroxylation is 1. The number of hydrogen-bond donors (Lipinski definition) is 2. The van der Waals surface area contributed by atoms with Crippen LogP contribution in [0.25, 0.3) is 0 Å². The van der Waals surface area contributed by atoms with Crippen molar-refractivity contribution in [3.63, 3.8) is 0 Å².